The van der Waals surface area contributed by atoms with Crippen molar-refractivity contribution in [2.45, 2.75) is 18.7 Å². The van der Waals surface area contributed by atoms with Gasteiger partial charge in [0.05, 0.1) is 12.0 Å². The summed E-state index contributed by atoms with van der Waals surface area (Å²) in [5.74, 6) is 0.260. The summed E-state index contributed by atoms with van der Waals surface area (Å²) in [4.78, 5) is -0.0151. The lowest BCUT2D eigenvalue weighted by Crippen LogP contribution is -2.34. The second-order valence-electron chi connectivity index (χ2n) is 3.90. The van der Waals surface area contributed by atoms with Gasteiger partial charge in [-0.3, -0.25) is 0 Å². The maximum Gasteiger partial charge on any atom is 0.488 e. The summed E-state index contributed by atoms with van der Waals surface area (Å²) in [5, 5.41) is 18.4. The summed E-state index contributed by atoms with van der Waals surface area (Å²) in [7, 11) is -4.02. The molecule has 2 N–H and O–H groups in total. The average molecular weight is 287 g/mol. The Morgan fingerprint density at radius 3 is 2.21 bits per heavy atom. The van der Waals surface area contributed by atoms with Crippen molar-refractivity contribution in [2.24, 2.45) is 0 Å². The third kappa shape index (κ3) is 3.47. The van der Waals surface area contributed by atoms with E-state index in [2.05, 4.69) is 0 Å². The van der Waals surface area contributed by atoms with Crippen LogP contribution >= 0.6 is 0 Å². The maximum absolute atomic E-state index is 12.3. The van der Waals surface area contributed by atoms with Gasteiger partial charge in [-0.25, -0.2) is 8.42 Å². The van der Waals surface area contributed by atoms with E-state index in [0.717, 1.165) is 0 Å². The Kier molecular flexibility index (Phi) is 5.36. The Hall–Kier alpha value is -1.09. The van der Waals surface area contributed by atoms with E-state index in [1.807, 2.05) is 0 Å². The first-order chi connectivity index (χ1) is 8.86. The normalized spacial score (nSPS) is 11.7. The van der Waals surface area contributed by atoms with E-state index < -0.39 is 17.1 Å². The van der Waals surface area contributed by atoms with Crippen molar-refractivity contribution < 1.29 is 23.2 Å². The first kappa shape index (κ1) is 16.0. The van der Waals surface area contributed by atoms with Crippen LogP contribution in [-0.4, -0.2) is 50.1 Å². The summed E-state index contributed by atoms with van der Waals surface area (Å²) in [6.07, 6.45) is 0. The Labute approximate surface area is 113 Å². The van der Waals surface area contributed by atoms with Crippen molar-refractivity contribution in [3.05, 3.63) is 18.2 Å². The standard InChI is InChI=1S/C11H18BNO5S/c1-4-13(5-2)19(16,17)11-7-9(12(14)15)6-10(8-11)18-3/h6-8,14-15H,4-5H2,1-3H3. The fourth-order valence-electron chi connectivity index (χ4n) is 1.72. The molecule has 0 aromatic heterocycles. The fourth-order valence-corrected chi connectivity index (χ4v) is 3.25. The van der Waals surface area contributed by atoms with Gasteiger partial charge in [0.2, 0.25) is 10.0 Å². The number of methoxy groups -OCH3 is 1. The second-order valence-corrected chi connectivity index (χ2v) is 5.84. The highest BCUT2D eigenvalue weighted by Gasteiger charge is 2.24. The van der Waals surface area contributed by atoms with Crippen LogP contribution in [0.5, 0.6) is 5.75 Å². The van der Waals surface area contributed by atoms with Crippen LogP contribution in [0.25, 0.3) is 0 Å². The molecule has 0 atom stereocenters. The van der Waals surface area contributed by atoms with Gasteiger partial charge in [0.25, 0.3) is 0 Å². The van der Waals surface area contributed by atoms with Gasteiger partial charge < -0.3 is 14.8 Å². The highest BCUT2D eigenvalue weighted by molar-refractivity contribution is 7.89. The molecule has 0 saturated carbocycles. The topological polar surface area (TPSA) is 87.1 Å². The minimum Gasteiger partial charge on any atom is -0.497 e. The van der Waals surface area contributed by atoms with Crippen molar-refractivity contribution in [3.8, 4) is 5.75 Å². The molecule has 1 aromatic carbocycles. The predicted octanol–water partition coefficient (Wildman–Crippen LogP) is -0.594. The Balaban J connectivity index is 3.37. The Morgan fingerprint density at radius 2 is 1.79 bits per heavy atom. The molecular weight excluding hydrogens is 269 g/mol. The fraction of sp³-hybridized carbons (Fsp3) is 0.455. The third-order valence-electron chi connectivity index (χ3n) is 2.78. The summed E-state index contributed by atoms with van der Waals surface area (Å²) in [6.45, 7) is 4.16. The molecule has 0 fully saturated rings. The van der Waals surface area contributed by atoms with E-state index in [0.29, 0.717) is 13.1 Å². The number of hydrogen-bond acceptors (Lipinski definition) is 5. The van der Waals surface area contributed by atoms with Gasteiger partial charge in [0.15, 0.2) is 0 Å². The molecule has 106 valence electrons. The average Bonchev–Trinajstić information content (AvgIpc) is 2.39. The van der Waals surface area contributed by atoms with E-state index in [-0.39, 0.29) is 16.1 Å². The quantitative estimate of drug-likeness (QED) is 0.683. The molecule has 0 aliphatic carbocycles. The molecule has 0 aliphatic heterocycles. The second kappa shape index (κ2) is 6.38. The van der Waals surface area contributed by atoms with Crippen LogP contribution in [0.3, 0.4) is 0 Å². The van der Waals surface area contributed by atoms with Gasteiger partial charge >= 0.3 is 7.12 Å². The summed E-state index contributed by atoms with van der Waals surface area (Å²) in [6, 6.07) is 3.98. The van der Waals surface area contributed by atoms with Crippen molar-refractivity contribution in [2.75, 3.05) is 20.2 Å². The lowest BCUT2D eigenvalue weighted by Gasteiger charge is -2.19. The van der Waals surface area contributed by atoms with Crippen molar-refractivity contribution >= 4 is 22.6 Å². The summed E-state index contributed by atoms with van der Waals surface area (Å²) >= 11 is 0. The molecule has 0 spiro atoms. The van der Waals surface area contributed by atoms with Gasteiger partial charge in [-0.05, 0) is 17.6 Å². The Bertz CT molecular complexity index is 528. The van der Waals surface area contributed by atoms with E-state index >= 15 is 0 Å². The first-order valence-corrected chi connectivity index (χ1v) is 7.36. The van der Waals surface area contributed by atoms with E-state index in [4.69, 9.17) is 4.74 Å². The lowest BCUT2D eigenvalue weighted by atomic mass is 9.80. The molecule has 0 aliphatic rings. The Morgan fingerprint density at radius 1 is 1.21 bits per heavy atom. The molecule has 19 heavy (non-hydrogen) atoms. The van der Waals surface area contributed by atoms with Crippen molar-refractivity contribution in [1.82, 2.24) is 4.31 Å². The number of rotatable bonds is 6. The molecular formula is C11H18BNO5S. The molecule has 1 rings (SSSR count). The van der Waals surface area contributed by atoms with Crippen LogP contribution in [-0.2, 0) is 10.0 Å². The molecule has 0 bridgehead atoms. The van der Waals surface area contributed by atoms with Gasteiger partial charge in [-0.2, -0.15) is 4.31 Å². The molecule has 0 saturated heterocycles. The van der Waals surface area contributed by atoms with E-state index in [1.165, 1.54) is 29.6 Å². The van der Waals surface area contributed by atoms with Crippen molar-refractivity contribution in [3.63, 3.8) is 0 Å². The number of hydrogen-bond donors (Lipinski definition) is 2. The molecule has 0 unspecified atom stereocenters. The monoisotopic (exact) mass is 287 g/mol. The van der Waals surface area contributed by atoms with Crippen LogP contribution in [0.2, 0.25) is 0 Å². The predicted molar refractivity (Wildman–Crippen MR) is 72.9 cm³/mol. The minimum absolute atomic E-state index is 0.0151. The first-order valence-electron chi connectivity index (χ1n) is 5.92. The summed E-state index contributed by atoms with van der Waals surface area (Å²) < 4.78 is 31.0. The van der Waals surface area contributed by atoms with Gasteiger partial charge in [0, 0.05) is 19.2 Å². The smallest absolute Gasteiger partial charge is 0.488 e. The van der Waals surface area contributed by atoms with Crippen LogP contribution in [0.4, 0.5) is 0 Å². The largest absolute Gasteiger partial charge is 0.497 e. The van der Waals surface area contributed by atoms with Crippen LogP contribution in [0.1, 0.15) is 13.8 Å². The van der Waals surface area contributed by atoms with Crippen LogP contribution in [0, 0.1) is 0 Å². The van der Waals surface area contributed by atoms with Crippen LogP contribution < -0.4 is 10.2 Å². The molecule has 0 amide bonds. The number of nitrogens with zero attached hydrogens (tertiary/aromatic N) is 1. The lowest BCUT2D eigenvalue weighted by molar-refractivity contribution is 0.409. The number of sulfonamides is 1. The number of ether oxygens (including phenoxy) is 1. The zero-order valence-corrected chi connectivity index (χ0v) is 12.0. The van der Waals surface area contributed by atoms with Gasteiger partial charge in [-0.15, -0.1) is 0 Å². The van der Waals surface area contributed by atoms with E-state index in [1.54, 1.807) is 13.8 Å². The highest BCUT2D eigenvalue weighted by Crippen LogP contribution is 2.19. The van der Waals surface area contributed by atoms with Gasteiger partial charge in [0.1, 0.15) is 5.75 Å². The molecule has 0 radical (unpaired) electrons. The number of benzene rings is 1. The van der Waals surface area contributed by atoms with Crippen LogP contribution in [0.15, 0.2) is 23.1 Å². The minimum atomic E-state index is -3.66. The molecule has 8 heteroatoms. The van der Waals surface area contributed by atoms with Crippen molar-refractivity contribution in [1.29, 1.82) is 0 Å². The zero-order chi connectivity index (χ0) is 14.6. The SMILES string of the molecule is CCN(CC)S(=O)(=O)c1cc(OC)cc(B(O)O)c1. The van der Waals surface area contributed by atoms with E-state index in [9.17, 15) is 18.5 Å². The van der Waals surface area contributed by atoms with Gasteiger partial charge in [-0.1, -0.05) is 13.8 Å². The summed E-state index contributed by atoms with van der Waals surface area (Å²) in [5.41, 5.74) is 0.0741. The highest BCUT2D eigenvalue weighted by atomic mass is 32.2. The molecule has 6 nitrogen and oxygen atoms in total. The maximum atomic E-state index is 12.3. The molecule has 0 heterocycles. The zero-order valence-electron chi connectivity index (χ0n) is 11.2. The molecule has 1 aromatic rings. The third-order valence-corrected chi connectivity index (χ3v) is 4.81.